The third-order valence-corrected chi connectivity index (χ3v) is 6.36. The number of fused-ring (bicyclic) bond motifs is 1. The van der Waals surface area contributed by atoms with Crippen molar-refractivity contribution < 1.29 is 19.0 Å². The van der Waals surface area contributed by atoms with Gasteiger partial charge in [-0.1, -0.05) is 22.9 Å². The van der Waals surface area contributed by atoms with Crippen molar-refractivity contribution in [1.29, 1.82) is 0 Å². The highest BCUT2D eigenvalue weighted by atomic mass is 35.5. The number of piperazine rings is 1. The quantitative estimate of drug-likeness (QED) is 0.574. The van der Waals surface area contributed by atoms with Crippen LogP contribution in [0, 0.1) is 0 Å². The van der Waals surface area contributed by atoms with Gasteiger partial charge in [0.05, 0.1) is 14.2 Å². The molecule has 2 heterocycles. The Kier molecular flexibility index (Phi) is 6.15. The van der Waals surface area contributed by atoms with Gasteiger partial charge in [-0.2, -0.15) is 0 Å². The second kappa shape index (κ2) is 8.97. The predicted octanol–water partition coefficient (Wildman–Crippen LogP) is 3.69. The van der Waals surface area contributed by atoms with Gasteiger partial charge in [0.1, 0.15) is 27.5 Å². The molecule has 0 radical (unpaired) electrons. The number of carbonyl (C=O) groups is 1. The number of anilines is 1. The Hall–Kier alpha value is -2.71. The van der Waals surface area contributed by atoms with Crippen molar-refractivity contribution in [3.63, 3.8) is 0 Å². The fraction of sp³-hybridized carbons (Fsp3) is 0.333. The summed E-state index contributed by atoms with van der Waals surface area (Å²) in [6.45, 7) is 2.66. The summed E-state index contributed by atoms with van der Waals surface area (Å²) < 4.78 is 17.4. The van der Waals surface area contributed by atoms with Gasteiger partial charge in [-0.3, -0.25) is 4.79 Å². The molecule has 1 aliphatic heterocycles. The minimum Gasteiger partial charge on any atom is -0.495 e. The van der Waals surface area contributed by atoms with E-state index in [1.54, 1.807) is 49.8 Å². The molecule has 1 aliphatic rings. The number of hydrogen-bond acceptors (Lipinski definition) is 7. The number of aromatic nitrogens is 1. The number of carbonyl (C=O) groups excluding carboxylic acids is 1. The van der Waals surface area contributed by atoms with Crippen LogP contribution in [0.4, 0.5) is 5.13 Å². The predicted molar refractivity (Wildman–Crippen MR) is 118 cm³/mol. The third kappa shape index (κ3) is 4.24. The van der Waals surface area contributed by atoms with Crippen LogP contribution >= 0.6 is 22.9 Å². The molecule has 1 aromatic heterocycles. The maximum Gasteiger partial charge on any atom is 0.260 e. The molecule has 0 N–H and O–H groups in total. The summed E-state index contributed by atoms with van der Waals surface area (Å²) in [6.07, 6.45) is 0. The Bertz CT molecular complexity index is 992. The molecule has 1 amide bonds. The second-order valence-corrected chi connectivity index (χ2v) is 8.17. The van der Waals surface area contributed by atoms with Crippen LogP contribution in [0.3, 0.4) is 0 Å². The zero-order valence-electron chi connectivity index (χ0n) is 16.8. The van der Waals surface area contributed by atoms with Crippen molar-refractivity contribution in [1.82, 2.24) is 9.88 Å². The van der Waals surface area contributed by atoms with E-state index in [4.69, 9.17) is 30.8 Å². The van der Waals surface area contributed by atoms with Crippen molar-refractivity contribution in [3.8, 4) is 17.2 Å². The highest BCUT2D eigenvalue weighted by molar-refractivity contribution is 7.22. The molecule has 9 heteroatoms. The number of thiazole rings is 1. The first-order valence-corrected chi connectivity index (χ1v) is 10.7. The molecule has 0 spiro atoms. The summed E-state index contributed by atoms with van der Waals surface area (Å²) in [6, 6.07) is 10.7. The molecule has 4 rings (SSSR count). The van der Waals surface area contributed by atoms with Gasteiger partial charge in [0, 0.05) is 31.2 Å². The van der Waals surface area contributed by atoms with Crippen molar-refractivity contribution in [2.24, 2.45) is 0 Å². The van der Waals surface area contributed by atoms with Gasteiger partial charge < -0.3 is 24.0 Å². The van der Waals surface area contributed by atoms with E-state index in [9.17, 15) is 4.79 Å². The summed E-state index contributed by atoms with van der Waals surface area (Å²) in [5, 5.41) is 1.53. The third-order valence-electron chi connectivity index (χ3n) is 4.98. The molecule has 1 fully saturated rings. The average Bonchev–Trinajstić information content (AvgIpc) is 3.23. The van der Waals surface area contributed by atoms with Crippen LogP contribution in [0.2, 0.25) is 5.02 Å². The van der Waals surface area contributed by atoms with Gasteiger partial charge in [-0.15, -0.1) is 0 Å². The van der Waals surface area contributed by atoms with Crippen molar-refractivity contribution in [2.75, 3.05) is 51.9 Å². The normalized spacial score (nSPS) is 14.1. The Morgan fingerprint density at radius 2 is 1.70 bits per heavy atom. The molecule has 0 bridgehead atoms. The van der Waals surface area contributed by atoms with E-state index in [0.717, 1.165) is 26.8 Å². The van der Waals surface area contributed by atoms with E-state index in [1.165, 1.54) is 0 Å². The lowest BCUT2D eigenvalue weighted by Gasteiger charge is -2.34. The fourth-order valence-corrected chi connectivity index (χ4v) is 4.58. The molecule has 0 saturated carbocycles. The van der Waals surface area contributed by atoms with E-state index in [-0.39, 0.29) is 12.5 Å². The molecule has 158 valence electrons. The molecule has 1 saturated heterocycles. The summed E-state index contributed by atoms with van der Waals surface area (Å²) in [5.74, 6) is 2.10. The summed E-state index contributed by atoms with van der Waals surface area (Å²) in [5.41, 5.74) is 0.798. The number of benzene rings is 2. The van der Waals surface area contributed by atoms with Gasteiger partial charge in [0.2, 0.25) is 0 Å². The Morgan fingerprint density at radius 3 is 2.37 bits per heavy atom. The molecule has 30 heavy (non-hydrogen) atoms. The molecule has 0 unspecified atom stereocenters. The number of amides is 1. The number of halogens is 1. The van der Waals surface area contributed by atoms with Gasteiger partial charge >= 0.3 is 0 Å². The number of nitrogens with zero attached hydrogens (tertiary/aromatic N) is 3. The fourth-order valence-electron chi connectivity index (χ4n) is 3.32. The van der Waals surface area contributed by atoms with Gasteiger partial charge in [0.25, 0.3) is 5.91 Å². The van der Waals surface area contributed by atoms with Gasteiger partial charge in [0.15, 0.2) is 11.7 Å². The molecular weight excluding hydrogens is 426 g/mol. The largest absolute Gasteiger partial charge is 0.495 e. The number of hydrogen-bond donors (Lipinski definition) is 0. The van der Waals surface area contributed by atoms with Crippen molar-refractivity contribution in [2.45, 2.75) is 0 Å². The lowest BCUT2D eigenvalue weighted by molar-refractivity contribution is -0.133. The van der Waals surface area contributed by atoms with Crippen LogP contribution < -0.4 is 19.1 Å². The standard InChI is InChI=1S/C21H22ClN3O4S/c1-27-16-7-8-17(28-2)20-19(16)23-21(30-20)25-11-9-24(10-12-25)18(26)13-29-15-5-3-14(22)4-6-15/h3-8H,9-13H2,1-2H3. The average molecular weight is 448 g/mol. The second-order valence-electron chi connectivity index (χ2n) is 6.75. The first kappa shape index (κ1) is 20.6. The molecule has 0 aliphatic carbocycles. The van der Waals surface area contributed by atoms with Gasteiger partial charge in [-0.05, 0) is 36.4 Å². The zero-order valence-corrected chi connectivity index (χ0v) is 18.3. The maximum atomic E-state index is 12.5. The Labute approximate surface area is 183 Å². The van der Waals surface area contributed by atoms with E-state index < -0.39 is 0 Å². The summed E-state index contributed by atoms with van der Waals surface area (Å²) in [4.78, 5) is 21.3. The highest BCUT2D eigenvalue weighted by Crippen LogP contribution is 2.40. The maximum absolute atomic E-state index is 12.5. The van der Waals surface area contributed by atoms with Crippen molar-refractivity contribution >= 4 is 44.2 Å². The monoisotopic (exact) mass is 447 g/mol. The highest BCUT2D eigenvalue weighted by Gasteiger charge is 2.24. The Morgan fingerprint density at radius 1 is 1.03 bits per heavy atom. The van der Waals surface area contributed by atoms with Crippen molar-refractivity contribution in [3.05, 3.63) is 41.4 Å². The van der Waals surface area contributed by atoms with Crippen LogP contribution in [0.25, 0.3) is 10.2 Å². The molecule has 3 aromatic rings. The van der Waals surface area contributed by atoms with E-state index >= 15 is 0 Å². The first-order chi connectivity index (χ1) is 14.6. The smallest absolute Gasteiger partial charge is 0.260 e. The number of methoxy groups -OCH3 is 2. The van der Waals surface area contributed by atoms with Crippen LogP contribution in [0.5, 0.6) is 17.2 Å². The van der Waals surface area contributed by atoms with E-state index in [1.807, 2.05) is 17.0 Å². The lowest BCUT2D eigenvalue weighted by atomic mass is 10.3. The summed E-state index contributed by atoms with van der Waals surface area (Å²) in [7, 11) is 3.29. The lowest BCUT2D eigenvalue weighted by Crippen LogP contribution is -2.50. The molecular formula is C21H22ClN3O4S. The topological polar surface area (TPSA) is 64.1 Å². The van der Waals surface area contributed by atoms with Gasteiger partial charge in [-0.25, -0.2) is 4.98 Å². The molecule has 7 nitrogen and oxygen atoms in total. The number of rotatable bonds is 6. The van der Waals surface area contributed by atoms with E-state index in [0.29, 0.717) is 37.0 Å². The molecule has 2 aromatic carbocycles. The van der Waals surface area contributed by atoms with Crippen LogP contribution in [-0.4, -0.2) is 62.8 Å². The minimum absolute atomic E-state index is 0.0111. The van der Waals surface area contributed by atoms with Crippen LogP contribution in [-0.2, 0) is 4.79 Å². The SMILES string of the molecule is COc1ccc(OC)c2sc(N3CCN(C(=O)COc4ccc(Cl)cc4)CC3)nc12. The first-order valence-electron chi connectivity index (χ1n) is 9.51. The number of ether oxygens (including phenoxy) is 3. The molecule has 0 atom stereocenters. The van der Waals surface area contributed by atoms with E-state index in [2.05, 4.69) is 4.90 Å². The minimum atomic E-state index is -0.0303. The summed E-state index contributed by atoms with van der Waals surface area (Å²) >= 11 is 7.44. The van der Waals surface area contributed by atoms with Crippen LogP contribution in [0.15, 0.2) is 36.4 Å². The van der Waals surface area contributed by atoms with Crippen LogP contribution in [0.1, 0.15) is 0 Å². The zero-order chi connectivity index (χ0) is 21.1. The Balaban J connectivity index is 1.38.